The lowest BCUT2D eigenvalue weighted by molar-refractivity contribution is -0.772. The molecule has 1 aliphatic rings. The van der Waals surface area contributed by atoms with Crippen LogP contribution in [0.2, 0.25) is 0 Å². The van der Waals surface area contributed by atoms with Crippen molar-refractivity contribution in [2.24, 2.45) is 0 Å². The van der Waals surface area contributed by atoms with Crippen LogP contribution < -0.4 is 0 Å². The van der Waals surface area contributed by atoms with Gasteiger partial charge in [-0.15, -0.1) is 0 Å². The summed E-state index contributed by atoms with van der Waals surface area (Å²) in [6.45, 7) is 1.31. The minimum Gasteiger partial charge on any atom is -0.527 e. The Morgan fingerprint density at radius 3 is 2.75 bits per heavy atom. The van der Waals surface area contributed by atoms with Gasteiger partial charge in [-0.2, -0.15) is 0 Å². The number of hydrogen-bond donors (Lipinski definition) is 0. The fourth-order valence-electron chi connectivity index (χ4n) is 0.997. The number of rotatable bonds is 3. The molecule has 0 saturated carbocycles. The van der Waals surface area contributed by atoms with Crippen molar-refractivity contribution in [1.82, 2.24) is 0 Å². The van der Waals surface area contributed by atoms with Crippen molar-refractivity contribution in [3.63, 3.8) is 0 Å². The molecular weight excluding hydrogens is 145 g/mol. The first-order chi connectivity index (χ1) is 5.58. The molecule has 2 heteroatoms. The molecule has 0 aromatic heterocycles. The largest absolute Gasteiger partial charge is 0.527 e. The molecular formula is C10H18BN+. The van der Waals surface area contributed by atoms with E-state index < -0.39 is 0 Å². The van der Waals surface area contributed by atoms with Gasteiger partial charge in [0.05, 0.1) is 25.0 Å². The molecule has 0 aromatic carbocycles. The quantitative estimate of drug-likeness (QED) is 0.423. The van der Waals surface area contributed by atoms with Crippen molar-refractivity contribution in [3.05, 3.63) is 36.6 Å². The Morgan fingerprint density at radius 2 is 2.25 bits per heavy atom. The van der Waals surface area contributed by atoms with Gasteiger partial charge in [-0.05, 0) is 6.08 Å². The van der Waals surface area contributed by atoms with Crippen LogP contribution >= 0.6 is 0 Å². The average Bonchev–Trinajstić information content (AvgIpc) is 2.02. The van der Waals surface area contributed by atoms with Crippen molar-refractivity contribution >= 4 is 7.98 Å². The molecule has 0 aliphatic heterocycles. The van der Waals surface area contributed by atoms with Crippen LogP contribution in [0.15, 0.2) is 23.8 Å². The molecule has 0 N–H and O–H groups in total. The highest BCUT2D eigenvalue weighted by Gasteiger charge is 2.07. The molecule has 1 rings (SSSR count). The summed E-state index contributed by atoms with van der Waals surface area (Å²) in [4.78, 5) is 0. The Hall–Kier alpha value is -0.625. The maximum absolute atomic E-state index is 2.34. The molecule has 0 spiro atoms. The van der Waals surface area contributed by atoms with E-state index in [2.05, 4.69) is 45.2 Å². The van der Waals surface area contributed by atoms with Crippen molar-refractivity contribution in [2.45, 2.75) is 6.42 Å². The first-order valence-electron chi connectivity index (χ1n) is 3.97. The van der Waals surface area contributed by atoms with E-state index in [4.69, 9.17) is 0 Å². The fourth-order valence-corrected chi connectivity index (χ4v) is 0.997. The van der Waals surface area contributed by atoms with Gasteiger partial charge in [0.15, 0.2) is 7.98 Å². The third-order valence-corrected chi connectivity index (χ3v) is 1.69. The molecule has 1 aliphatic carbocycles. The molecule has 0 saturated heterocycles. The molecule has 0 atom stereocenters. The first-order valence-corrected chi connectivity index (χ1v) is 3.97. The fraction of sp³-hybridized carbons (Fsp3) is 0.400. The molecule has 12 heavy (non-hydrogen) atoms. The minimum absolute atomic E-state index is 0.427. The summed E-state index contributed by atoms with van der Waals surface area (Å²) in [5.74, 6) is 0. The third-order valence-electron chi connectivity index (χ3n) is 1.69. The van der Waals surface area contributed by atoms with Gasteiger partial charge < -0.3 is 4.39 Å². The van der Waals surface area contributed by atoms with E-state index in [0.717, 1.165) is 0 Å². The Bertz CT molecular complexity index is 198. The van der Waals surface area contributed by atoms with Gasteiger partial charge >= 0.3 is 0 Å². The Morgan fingerprint density at radius 1 is 1.50 bits per heavy atom. The van der Waals surface area contributed by atoms with Crippen LogP contribution in [0, 0.1) is 12.8 Å². The second kappa shape index (κ2) is 3.86. The summed E-state index contributed by atoms with van der Waals surface area (Å²) in [5, 5.41) is 0. The zero-order chi connectivity index (χ0) is 9.03. The van der Waals surface area contributed by atoms with Crippen molar-refractivity contribution in [3.8, 4) is 0 Å². The highest BCUT2D eigenvalue weighted by atomic mass is 15.2. The van der Waals surface area contributed by atoms with E-state index in [0.29, 0.717) is 7.98 Å². The maximum Gasteiger partial charge on any atom is 0.168 e. The molecule has 0 fully saturated rings. The van der Waals surface area contributed by atoms with Gasteiger partial charge in [-0.1, -0.05) is 0 Å². The van der Waals surface area contributed by atoms with E-state index in [-0.39, 0.29) is 0 Å². The van der Waals surface area contributed by atoms with Crippen LogP contribution in [0.25, 0.3) is 0 Å². The van der Waals surface area contributed by atoms with Gasteiger partial charge in [0.2, 0.25) is 0 Å². The summed E-state index contributed by atoms with van der Waals surface area (Å²) >= 11 is 0. The summed E-state index contributed by atoms with van der Waals surface area (Å²) in [6, 6.07) is 0. The van der Waals surface area contributed by atoms with Gasteiger partial charge in [-0.25, -0.2) is 0 Å². The highest BCUT2D eigenvalue weighted by Crippen LogP contribution is 2.12. The summed E-state index contributed by atoms with van der Waals surface area (Å²) < 4.78 is 1.29. The van der Waals surface area contributed by atoms with Crippen LogP contribution in [-0.4, -0.2) is 33.0 Å². The van der Waals surface area contributed by atoms with Gasteiger partial charge in [0, 0.05) is 32.6 Å². The lowest BCUT2D eigenvalue weighted by atomic mass is 10.0. The number of allylic oxidation sites excluding steroid dienone is 3. The topological polar surface area (TPSA) is 0 Å². The molecule has 0 amide bonds. The predicted octanol–water partition coefficient (Wildman–Crippen LogP) is 0.638. The molecule has 0 bridgehead atoms. The monoisotopic (exact) mass is 163 g/mol. The van der Waals surface area contributed by atoms with Crippen molar-refractivity contribution in [1.29, 1.82) is 0 Å². The van der Waals surface area contributed by atoms with E-state index in [9.17, 15) is 0 Å². The van der Waals surface area contributed by atoms with Gasteiger partial charge in [0.1, 0.15) is 0 Å². The van der Waals surface area contributed by atoms with Crippen LogP contribution in [-0.2, 0) is 0 Å². The van der Waals surface area contributed by atoms with Crippen LogP contribution in [0.3, 0.4) is 0 Å². The first kappa shape index (κ1) is 9.46. The second-order valence-electron chi connectivity index (χ2n) is 3.04. The van der Waals surface area contributed by atoms with Crippen LogP contribution in [0.4, 0.5) is 0 Å². The lowest BCUT2D eigenvalue weighted by Gasteiger charge is -2.33. The zero-order valence-electron chi connectivity index (χ0n) is 7.25. The normalized spacial score (nSPS) is 17.1. The van der Waals surface area contributed by atoms with Gasteiger partial charge in [-0.3, -0.25) is 0 Å². The standard InChI is InChI=1S/C10H18BN/c1-12(2,11)9-8-10-6-4-3-5-7-10/h3-7H,8-9H2,1-2,11H3/q+1. The van der Waals surface area contributed by atoms with E-state index in [1.807, 2.05) is 0 Å². The molecule has 0 aromatic rings. The Labute approximate surface area is 76.8 Å². The molecule has 1 nitrogen and oxygen atoms in total. The van der Waals surface area contributed by atoms with Crippen molar-refractivity contribution in [2.75, 3.05) is 20.6 Å². The number of quaternary nitrogens is 1. The van der Waals surface area contributed by atoms with E-state index in [1.165, 1.54) is 22.9 Å². The number of nitrogens with zero attached hydrogens (tertiary/aromatic N) is 1. The molecule has 0 unspecified atom stereocenters. The number of hydrogen-bond acceptors (Lipinski definition) is 0. The maximum atomic E-state index is 2.34. The molecule has 65 valence electrons. The summed E-state index contributed by atoms with van der Waals surface area (Å²) in [5.41, 5.74) is 1.48. The summed E-state index contributed by atoms with van der Waals surface area (Å²) in [7, 11) is 5.10. The second-order valence-corrected chi connectivity index (χ2v) is 3.04. The summed E-state index contributed by atoms with van der Waals surface area (Å²) in [6.07, 6.45) is 12.0. The average molecular weight is 163 g/mol. The zero-order valence-corrected chi connectivity index (χ0v) is 7.25. The van der Waals surface area contributed by atoms with Crippen molar-refractivity contribution < 1.29 is 4.39 Å². The SMILES string of the molecule is [BH3-][N+](C)(C)CCC1=C[CH][CH+]C=C1. The molecule has 0 heterocycles. The minimum atomic E-state index is 0.427. The Kier molecular flexibility index (Phi) is 3.04. The smallest absolute Gasteiger partial charge is 0.168 e. The Balaban J connectivity index is 2.32. The van der Waals surface area contributed by atoms with Gasteiger partial charge in [0.25, 0.3) is 0 Å². The van der Waals surface area contributed by atoms with Crippen LogP contribution in [0.5, 0.6) is 0 Å². The predicted molar refractivity (Wildman–Crippen MR) is 57.4 cm³/mol. The highest BCUT2D eigenvalue weighted by molar-refractivity contribution is 5.97. The molecule has 1 radical (unpaired) electrons. The van der Waals surface area contributed by atoms with E-state index in [1.54, 1.807) is 0 Å². The van der Waals surface area contributed by atoms with E-state index >= 15 is 0 Å². The van der Waals surface area contributed by atoms with Crippen LogP contribution in [0.1, 0.15) is 6.42 Å². The lowest BCUT2D eigenvalue weighted by Crippen LogP contribution is -2.37. The third kappa shape index (κ3) is 3.68.